The number of hydrogen-bond acceptors (Lipinski definition) is 8. The molecule has 0 rings (SSSR count). The number of carbonyl (C=O) groups excluding carboxylic acids is 1. The summed E-state index contributed by atoms with van der Waals surface area (Å²) < 4.78 is 0. The van der Waals surface area contributed by atoms with Crippen molar-refractivity contribution in [3.8, 4) is 0 Å². The third-order valence-corrected chi connectivity index (χ3v) is 1.58. The summed E-state index contributed by atoms with van der Waals surface area (Å²) >= 11 is 0. The second-order valence-corrected chi connectivity index (χ2v) is 4.33. The number of Topliss-reactive ketones (excluding diaryl/α,β-unsaturated/α-hetero) is 1. The molecule has 11 nitrogen and oxygen atoms in total. The third kappa shape index (κ3) is 36.8. The van der Waals surface area contributed by atoms with E-state index >= 15 is 0 Å². The zero-order valence-electron chi connectivity index (χ0n) is 14.1. The number of aliphatic carboxylic acids is 3. The van der Waals surface area contributed by atoms with Crippen LogP contribution in [0.15, 0.2) is 0 Å². The molecule has 24 heavy (non-hydrogen) atoms. The minimum absolute atomic E-state index is 0.651. The van der Waals surface area contributed by atoms with Crippen LogP contribution in [-0.2, 0) is 19.2 Å². The van der Waals surface area contributed by atoms with Crippen LogP contribution in [0.3, 0.4) is 0 Å². The summed E-state index contributed by atoms with van der Waals surface area (Å²) in [4.78, 5) is 37.5. The number of ketones is 1. The summed E-state index contributed by atoms with van der Waals surface area (Å²) in [5, 5.41) is 58.0. The highest BCUT2D eigenvalue weighted by Gasteiger charge is 2.30. The highest BCUT2D eigenvalue weighted by molar-refractivity contribution is 5.80. The van der Waals surface area contributed by atoms with Crippen LogP contribution in [0, 0.1) is 0 Å². The Morgan fingerprint density at radius 3 is 0.958 bits per heavy atom. The van der Waals surface area contributed by atoms with Crippen molar-refractivity contribution in [3.05, 3.63) is 0 Å². The molecule has 4 unspecified atom stereocenters. The number of carbonyl (C=O) groups is 4. The topological polar surface area (TPSA) is 210 Å². The Bertz CT molecular complexity index is 338. The Morgan fingerprint density at radius 2 is 0.833 bits per heavy atom. The van der Waals surface area contributed by atoms with Gasteiger partial charge in [-0.05, 0) is 13.8 Å². The Kier molecular flexibility index (Phi) is 21.5. The maximum absolute atomic E-state index is 10.5. The van der Waals surface area contributed by atoms with Gasteiger partial charge in [0, 0.05) is 20.8 Å². The van der Waals surface area contributed by atoms with Crippen molar-refractivity contribution in [2.75, 3.05) is 0 Å². The second-order valence-electron chi connectivity index (χ2n) is 4.33. The lowest BCUT2D eigenvalue weighted by Crippen LogP contribution is -2.46. The quantitative estimate of drug-likeness (QED) is 0.301. The van der Waals surface area contributed by atoms with Crippen molar-refractivity contribution in [2.45, 2.75) is 59.0 Å². The number of carboxylic acid groups (broad SMARTS) is 3. The van der Waals surface area contributed by atoms with Gasteiger partial charge in [-0.1, -0.05) is 0 Å². The van der Waals surface area contributed by atoms with E-state index in [-0.39, 0.29) is 0 Å². The van der Waals surface area contributed by atoms with E-state index in [9.17, 15) is 4.79 Å². The van der Waals surface area contributed by atoms with Gasteiger partial charge in [-0.15, -0.1) is 0 Å². The molecule has 0 aromatic rings. The molecular weight excluding hydrogens is 332 g/mol. The van der Waals surface area contributed by atoms with Gasteiger partial charge >= 0.3 is 0 Å². The minimum Gasteiger partial charge on any atom is -0.481 e. The monoisotopic (exact) mass is 358 g/mol. The molecule has 0 aliphatic heterocycles. The normalized spacial score (nSPS) is 13.7. The van der Waals surface area contributed by atoms with E-state index < -0.39 is 48.1 Å². The molecule has 4 atom stereocenters. The SMILES string of the molecule is CC(=O)C(O)C(O)C(O)C(C)O.CC(=O)O.CC(=O)O.CC(=O)O. The highest BCUT2D eigenvalue weighted by Crippen LogP contribution is 2.05. The fraction of sp³-hybridized carbons (Fsp3) is 0.692. The van der Waals surface area contributed by atoms with E-state index in [0.29, 0.717) is 0 Å². The molecule has 0 saturated carbocycles. The van der Waals surface area contributed by atoms with Crippen LogP contribution < -0.4 is 0 Å². The maximum atomic E-state index is 10.5. The molecule has 7 N–H and O–H groups in total. The third-order valence-electron chi connectivity index (χ3n) is 1.58. The zero-order valence-corrected chi connectivity index (χ0v) is 14.1. The average Bonchev–Trinajstić information content (AvgIpc) is 2.33. The van der Waals surface area contributed by atoms with Gasteiger partial charge in [0.1, 0.15) is 18.3 Å². The Hall–Kier alpha value is -2.08. The predicted octanol–water partition coefficient (Wildman–Crippen LogP) is -1.69. The van der Waals surface area contributed by atoms with E-state index in [1.807, 2.05) is 0 Å². The van der Waals surface area contributed by atoms with E-state index in [4.69, 9.17) is 50.1 Å². The molecule has 0 aliphatic rings. The first-order valence-corrected chi connectivity index (χ1v) is 6.39. The summed E-state index contributed by atoms with van der Waals surface area (Å²) in [6.07, 6.45) is -5.98. The number of aliphatic hydroxyl groups excluding tert-OH is 4. The van der Waals surface area contributed by atoms with Gasteiger partial charge in [0.25, 0.3) is 17.9 Å². The molecule has 0 fully saturated rings. The smallest absolute Gasteiger partial charge is 0.300 e. The maximum Gasteiger partial charge on any atom is 0.300 e. The first-order valence-electron chi connectivity index (χ1n) is 6.39. The summed E-state index contributed by atoms with van der Waals surface area (Å²) in [6.45, 7) is 5.59. The molecule has 144 valence electrons. The van der Waals surface area contributed by atoms with E-state index in [2.05, 4.69) is 0 Å². The molecule has 0 aliphatic carbocycles. The van der Waals surface area contributed by atoms with Crippen molar-refractivity contribution in [3.63, 3.8) is 0 Å². The summed E-state index contributed by atoms with van der Waals surface area (Å²) in [5.41, 5.74) is 0. The number of rotatable bonds is 4. The van der Waals surface area contributed by atoms with Gasteiger partial charge in [0.15, 0.2) is 5.78 Å². The fourth-order valence-corrected chi connectivity index (χ4v) is 0.713. The number of hydrogen-bond donors (Lipinski definition) is 7. The predicted molar refractivity (Wildman–Crippen MR) is 80.3 cm³/mol. The van der Waals surface area contributed by atoms with Gasteiger partial charge < -0.3 is 35.7 Å². The molecule has 0 aromatic carbocycles. The minimum atomic E-state index is -1.64. The molecule has 0 spiro atoms. The van der Waals surface area contributed by atoms with Gasteiger partial charge in [-0.25, -0.2) is 0 Å². The van der Waals surface area contributed by atoms with Gasteiger partial charge in [0.2, 0.25) is 0 Å². The molecule has 0 saturated heterocycles. The summed E-state index contributed by atoms with van der Waals surface area (Å²) in [5.74, 6) is -3.15. The van der Waals surface area contributed by atoms with Gasteiger partial charge in [0.05, 0.1) is 6.10 Å². The van der Waals surface area contributed by atoms with Crippen molar-refractivity contribution in [1.29, 1.82) is 0 Å². The Balaban J connectivity index is -0.000000137. The van der Waals surface area contributed by atoms with Crippen LogP contribution in [0.2, 0.25) is 0 Å². The van der Waals surface area contributed by atoms with Crippen molar-refractivity contribution in [2.24, 2.45) is 0 Å². The van der Waals surface area contributed by atoms with Crippen LogP contribution in [0.25, 0.3) is 0 Å². The van der Waals surface area contributed by atoms with Crippen molar-refractivity contribution >= 4 is 23.7 Å². The lowest BCUT2D eigenvalue weighted by atomic mass is 10.0. The van der Waals surface area contributed by atoms with Crippen molar-refractivity contribution in [1.82, 2.24) is 0 Å². The largest absolute Gasteiger partial charge is 0.481 e. The van der Waals surface area contributed by atoms with Crippen LogP contribution in [-0.4, -0.2) is 83.9 Å². The molecule has 0 amide bonds. The van der Waals surface area contributed by atoms with E-state index in [0.717, 1.165) is 27.7 Å². The van der Waals surface area contributed by atoms with E-state index in [1.165, 1.54) is 6.92 Å². The van der Waals surface area contributed by atoms with Crippen LogP contribution in [0.5, 0.6) is 0 Å². The van der Waals surface area contributed by atoms with E-state index in [1.54, 1.807) is 0 Å². The van der Waals surface area contributed by atoms with Crippen LogP contribution in [0.1, 0.15) is 34.6 Å². The first kappa shape index (κ1) is 29.9. The van der Waals surface area contributed by atoms with Gasteiger partial charge in [-0.2, -0.15) is 0 Å². The molecule has 0 radical (unpaired) electrons. The summed E-state index contributed by atoms with van der Waals surface area (Å²) in [6, 6.07) is 0. The molecular formula is C13H26O11. The molecule has 0 aromatic heterocycles. The van der Waals surface area contributed by atoms with Crippen LogP contribution in [0.4, 0.5) is 0 Å². The highest BCUT2D eigenvalue weighted by atomic mass is 16.4. The number of carboxylic acids is 3. The lowest BCUT2D eigenvalue weighted by Gasteiger charge is -2.22. The molecule has 0 heterocycles. The van der Waals surface area contributed by atoms with Crippen molar-refractivity contribution < 1.29 is 54.9 Å². The Labute approximate surface area is 138 Å². The zero-order chi connectivity index (χ0) is 20.6. The molecule has 11 heteroatoms. The Morgan fingerprint density at radius 1 is 0.625 bits per heavy atom. The standard InChI is InChI=1S/C7H14O5.3C2H4O2/c1-3(8)5(10)7(12)6(11)4(2)9;3*1-2(3)4/h3,5-8,10-12H,1-2H3;3*1H3,(H,3,4). The fourth-order valence-electron chi connectivity index (χ4n) is 0.713. The van der Waals surface area contributed by atoms with Crippen LogP contribution >= 0.6 is 0 Å². The summed E-state index contributed by atoms with van der Waals surface area (Å²) in [7, 11) is 0. The first-order chi connectivity index (χ1) is 10.6. The lowest BCUT2D eigenvalue weighted by molar-refractivity contribution is -0.141. The molecule has 0 bridgehead atoms. The average molecular weight is 358 g/mol. The second kappa shape index (κ2) is 17.3. The van der Waals surface area contributed by atoms with Gasteiger partial charge in [-0.3, -0.25) is 19.2 Å². The number of aliphatic hydroxyl groups is 4.